The highest BCUT2D eigenvalue weighted by molar-refractivity contribution is 5.96. The zero-order valence-electron chi connectivity index (χ0n) is 10.4. The highest BCUT2D eigenvalue weighted by atomic mass is 19.4. The number of carbonyl (C=O) groups is 1. The lowest BCUT2D eigenvalue weighted by Gasteiger charge is -2.22. The number of benzene rings is 2. The number of amides is 1. The van der Waals surface area contributed by atoms with E-state index >= 15 is 0 Å². The lowest BCUT2D eigenvalue weighted by atomic mass is 10.2. The van der Waals surface area contributed by atoms with Crippen LogP contribution in [-0.2, 0) is 4.79 Å². The molecule has 0 radical (unpaired) electrons. The first-order valence-electron chi connectivity index (χ1n) is 5.91. The number of para-hydroxylation sites is 3. The summed E-state index contributed by atoms with van der Waals surface area (Å²) in [5, 5.41) is 1.77. The molecular formula is C14H8F3NO3. The van der Waals surface area contributed by atoms with E-state index < -0.39 is 12.1 Å². The van der Waals surface area contributed by atoms with Crippen molar-refractivity contribution in [3.05, 3.63) is 42.5 Å². The Bertz CT molecular complexity index is 713. The number of hydrogen-bond acceptors (Lipinski definition) is 3. The number of fused-ring (bicyclic) bond motifs is 2. The van der Waals surface area contributed by atoms with Gasteiger partial charge in [0, 0.05) is 0 Å². The van der Waals surface area contributed by atoms with E-state index in [1.807, 2.05) is 0 Å². The van der Waals surface area contributed by atoms with Gasteiger partial charge in [-0.25, -0.2) is 0 Å². The Balaban J connectivity index is 1.95. The molecule has 0 unspecified atom stereocenters. The van der Waals surface area contributed by atoms with Gasteiger partial charge >= 0.3 is 12.1 Å². The van der Waals surface area contributed by atoms with Crippen LogP contribution in [0.5, 0.6) is 23.0 Å². The third-order valence-corrected chi connectivity index (χ3v) is 2.77. The lowest BCUT2D eigenvalue weighted by molar-refractivity contribution is -0.167. The molecule has 2 aromatic rings. The van der Waals surface area contributed by atoms with Crippen LogP contribution >= 0.6 is 0 Å². The number of alkyl halides is 3. The van der Waals surface area contributed by atoms with Gasteiger partial charge in [-0.15, -0.1) is 0 Å². The van der Waals surface area contributed by atoms with E-state index in [0.29, 0.717) is 11.5 Å². The average Bonchev–Trinajstić information content (AvgIpc) is 2.44. The van der Waals surface area contributed by atoms with E-state index in [1.54, 1.807) is 29.6 Å². The molecular weight excluding hydrogens is 287 g/mol. The molecule has 1 aliphatic rings. The number of rotatable bonds is 1. The molecule has 0 saturated heterocycles. The second kappa shape index (κ2) is 4.69. The van der Waals surface area contributed by atoms with Gasteiger partial charge in [0.15, 0.2) is 23.0 Å². The molecule has 2 aromatic carbocycles. The average molecular weight is 295 g/mol. The Kier molecular flexibility index (Phi) is 2.97. The quantitative estimate of drug-likeness (QED) is 0.735. The lowest BCUT2D eigenvalue weighted by Crippen LogP contribution is -2.30. The van der Waals surface area contributed by atoms with Gasteiger partial charge < -0.3 is 14.8 Å². The summed E-state index contributed by atoms with van der Waals surface area (Å²) >= 11 is 0. The Labute approximate surface area is 117 Å². The molecule has 3 rings (SSSR count). The second-order valence-corrected chi connectivity index (χ2v) is 4.24. The normalized spacial score (nSPS) is 12.5. The minimum absolute atomic E-state index is 0.0359. The van der Waals surface area contributed by atoms with Crippen LogP contribution in [0.3, 0.4) is 0 Å². The maximum absolute atomic E-state index is 12.3. The molecule has 1 N–H and O–H groups in total. The van der Waals surface area contributed by atoms with E-state index in [2.05, 4.69) is 0 Å². The highest BCUT2D eigenvalue weighted by Gasteiger charge is 2.39. The van der Waals surface area contributed by atoms with Crippen molar-refractivity contribution >= 4 is 11.6 Å². The van der Waals surface area contributed by atoms with Gasteiger partial charge in [-0.2, -0.15) is 13.2 Å². The highest BCUT2D eigenvalue weighted by Crippen LogP contribution is 2.48. The molecule has 0 spiro atoms. The minimum Gasteiger partial charge on any atom is -0.449 e. The standard InChI is InChI=1S/C14H8F3NO3/c15-14(16,17)13(19)18-8-4-3-7-11-12(8)21-10-6-2-1-5-9(10)20-11/h1-7H,(H,18,19). The first-order chi connectivity index (χ1) is 9.95. The van der Waals surface area contributed by atoms with Crippen molar-refractivity contribution in [1.82, 2.24) is 0 Å². The van der Waals surface area contributed by atoms with Gasteiger partial charge in [0.1, 0.15) is 0 Å². The van der Waals surface area contributed by atoms with E-state index in [1.165, 1.54) is 18.2 Å². The zero-order chi connectivity index (χ0) is 15.0. The smallest absolute Gasteiger partial charge is 0.449 e. The predicted octanol–water partition coefficient (Wildman–Crippen LogP) is 4.09. The number of ether oxygens (including phenoxy) is 2. The molecule has 0 atom stereocenters. The summed E-state index contributed by atoms with van der Waals surface area (Å²) in [6.45, 7) is 0. The molecule has 108 valence electrons. The van der Waals surface area contributed by atoms with Crippen molar-refractivity contribution < 1.29 is 27.4 Å². The van der Waals surface area contributed by atoms with Gasteiger partial charge in [0.05, 0.1) is 5.69 Å². The first kappa shape index (κ1) is 13.3. The maximum atomic E-state index is 12.3. The van der Waals surface area contributed by atoms with Crippen molar-refractivity contribution in [2.45, 2.75) is 6.18 Å². The molecule has 0 bridgehead atoms. The first-order valence-corrected chi connectivity index (χ1v) is 5.91. The Hall–Kier alpha value is -2.70. The Morgan fingerprint density at radius 3 is 2.19 bits per heavy atom. The van der Waals surface area contributed by atoms with Crippen LogP contribution in [0.25, 0.3) is 0 Å². The molecule has 1 heterocycles. The predicted molar refractivity (Wildman–Crippen MR) is 67.7 cm³/mol. The van der Waals surface area contributed by atoms with Crippen molar-refractivity contribution in [1.29, 1.82) is 0 Å². The largest absolute Gasteiger partial charge is 0.471 e. The molecule has 1 aliphatic heterocycles. The fourth-order valence-corrected chi connectivity index (χ4v) is 1.84. The second-order valence-electron chi connectivity index (χ2n) is 4.24. The number of nitrogens with one attached hydrogen (secondary N) is 1. The topological polar surface area (TPSA) is 47.6 Å². The van der Waals surface area contributed by atoms with Gasteiger partial charge in [-0.05, 0) is 24.3 Å². The van der Waals surface area contributed by atoms with Crippen LogP contribution in [0.2, 0.25) is 0 Å². The van der Waals surface area contributed by atoms with Crippen LogP contribution in [0.4, 0.5) is 18.9 Å². The van der Waals surface area contributed by atoms with Gasteiger partial charge in [-0.3, -0.25) is 4.79 Å². The number of carbonyl (C=O) groups excluding carboxylic acids is 1. The van der Waals surface area contributed by atoms with Gasteiger partial charge in [0.2, 0.25) is 0 Å². The van der Waals surface area contributed by atoms with Crippen LogP contribution in [0.15, 0.2) is 42.5 Å². The monoisotopic (exact) mass is 295 g/mol. The third-order valence-electron chi connectivity index (χ3n) is 2.77. The molecule has 0 aliphatic carbocycles. The van der Waals surface area contributed by atoms with E-state index in [9.17, 15) is 18.0 Å². The summed E-state index contributed by atoms with van der Waals surface area (Å²) in [6.07, 6.45) is -4.98. The van der Waals surface area contributed by atoms with Crippen molar-refractivity contribution in [3.63, 3.8) is 0 Å². The zero-order valence-corrected chi connectivity index (χ0v) is 10.4. The number of hydrogen-bond donors (Lipinski definition) is 1. The summed E-state index contributed by atoms with van der Waals surface area (Å²) in [6, 6.07) is 11.0. The third kappa shape index (κ3) is 2.49. The van der Waals surface area contributed by atoms with Crippen molar-refractivity contribution in [2.75, 3.05) is 5.32 Å². The van der Waals surface area contributed by atoms with Crippen LogP contribution < -0.4 is 14.8 Å². The summed E-state index contributed by atoms with van der Waals surface area (Å²) in [4.78, 5) is 11.0. The molecule has 1 amide bonds. The van der Waals surface area contributed by atoms with Crippen LogP contribution in [0, 0.1) is 0 Å². The number of anilines is 1. The van der Waals surface area contributed by atoms with E-state index in [-0.39, 0.29) is 17.2 Å². The summed E-state index contributed by atoms with van der Waals surface area (Å²) in [5.74, 6) is -0.996. The van der Waals surface area contributed by atoms with Gasteiger partial charge in [0.25, 0.3) is 0 Å². The fraction of sp³-hybridized carbons (Fsp3) is 0.0714. The van der Waals surface area contributed by atoms with E-state index in [4.69, 9.17) is 9.47 Å². The molecule has 7 heteroatoms. The maximum Gasteiger partial charge on any atom is 0.471 e. The molecule has 0 saturated carbocycles. The summed E-state index contributed by atoms with van der Waals surface area (Å²) in [7, 11) is 0. The van der Waals surface area contributed by atoms with Crippen LogP contribution in [0.1, 0.15) is 0 Å². The Morgan fingerprint density at radius 2 is 1.52 bits per heavy atom. The molecule has 0 fully saturated rings. The SMILES string of the molecule is O=C(Nc1cccc2c1Oc1ccccc1O2)C(F)(F)F. The van der Waals surface area contributed by atoms with E-state index in [0.717, 1.165) is 0 Å². The molecule has 0 aromatic heterocycles. The molecule has 21 heavy (non-hydrogen) atoms. The fourth-order valence-electron chi connectivity index (χ4n) is 1.84. The van der Waals surface area contributed by atoms with Crippen LogP contribution in [-0.4, -0.2) is 12.1 Å². The Morgan fingerprint density at radius 1 is 0.905 bits per heavy atom. The summed E-state index contributed by atoms with van der Waals surface area (Å²) < 4.78 is 48.0. The minimum atomic E-state index is -4.98. The number of halogens is 3. The summed E-state index contributed by atoms with van der Waals surface area (Å²) in [5.41, 5.74) is -0.107. The molecule has 4 nitrogen and oxygen atoms in total. The van der Waals surface area contributed by atoms with Crippen molar-refractivity contribution in [3.8, 4) is 23.0 Å². The van der Waals surface area contributed by atoms with Crippen molar-refractivity contribution in [2.24, 2.45) is 0 Å². The van der Waals surface area contributed by atoms with Gasteiger partial charge in [-0.1, -0.05) is 18.2 Å².